The fraction of sp³-hybridized carbons (Fsp3) is 0.286. The van der Waals surface area contributed by atoms with Gasteiger partial charge in [0.25, 0.3) is 5.92 Å². The lowest BCUT2D eigenvalue weighted by atomic mass is 9.95. The van der Waals surface area contributed by atoms with Crippen LogP contribution in [0.25, 0.3) is 10.8 Å². The van der Waals surface area contributed by atoms with Gasteiger partial charge in [-0.15, -0.1) is 0 Å². The first-order chi connectivity index (χ1) is 7.51. The number of halogens is 2. The summed E-state index contributed by atoms with van der Waals surface area (Å²) in [5.41, 5.74) is 0.0983. The highest BCUT2D eigenvalue weighted by molar-refractivity contribution is 5.83. The minimum Gasteiger partial charge on any atom is -0.201 e. The smallest absolute Gasteiger partial charge is 0.201 e. The average Bonchev–Trinajstić information content (AvgIpc) is 2.28. The molecule has 0 aliphatic rings. The predicted octanol–water partition coefficient (Wildman–Crippen LogP) is 4.59. The van der Waals surface area contributed by atoms with Gasteiger partial charge in [-0.3, -0.25) is 0 Å². The van der Waals surface area contributed by atoms with Crippen LogP contribution in [-0.4, -0.2) is 0 Å². The Morgan fingerprint density at radius 1 is 0.938 bits per heavy atom. The molecule has 0 aliphatic heterocycles. The number of fused-ring (bicyclic) bond motifs is 1. The van der Waals surface area contributed by atoms with Crippen LogP contribution >= 0.6 is 0 Å². The highest BCUT2D eigenvalue weighted by Gasteiger charge is 2.35. The van der Waals surface area contributed by atoms with E-state index in [1.54, 1.807) is 12.1 Å². The van der Waals surface area contributed by atoms with Gasteiger partial charge in [0.05, 0.1) is 0 Å². The van der Waals surface area contributed by atoms with Gasteiger partial charge in [-0.2, -0.15) is 0 Å². The van der Waals surface area contributed by atoms with Gasteiger partial charge in [0.1, 0.15) is 0 Å². The summed E-state index contributed by atoms with van der Waals surface area (Å²) in [6.07, 6.45) is 0. The van der Waals surface area contributed by atoms with Gasteiger partial charge in [0, 0.05) is 11.5 Å². The van der Waals surface area contributed by atoms with Gasteiger partial charge >= 0.3 is 0 Å². The quantitative estimate of drug-likeness (QED) is 0.694. The number of rotatable bonds is 2. The van der Waals surface area contributed by atoms with Crippen molar-refractivity contribution in [2.75, 3.05) is 0 Å². The lowest BCUT2D eigenvalue weighted by Crippen LogP contribution is -2.20. The average molecular weight is 220 g/mol. The van der Waals surface area contributed by atoms with Crippen molar-refractivity contribution in [1.29, 1.82) is 0 Å². The number of benzene rings is 2. The molecule has 0 heterocycles. The summed E-state index contributed by atoms with van der Waals surface area (Å²) in [7, 11) is 0. The largest absolute Gasteiger partial charge is 0.275 e. The first-order valence-corrected chi connectivity index (χ1v) is 5.39. The van der Waals surface area contributed by atoms with E-state index in [1.165, 1.54) is 19.9 Å². The molecule has 0 saturated carbocycles. The van der Waals surface area contributed by atoms with Crippen molar-refractivity contribution >= 4 is 10.8 Å². The molecule has 2 rings (SSSR count). The Hall–Kier alpha value is -1.44. The highest BCUT2D eigenvalue weighted by atomic mass is 19.3. The van der Waals surface area contributed by atoms with Gasteiger partial charge in [-0.1, -0.05) is 50.2 Å². The predicted molar refractivity (Wildman–Crippen MR) is 62.7 cm³/mol. The monoisotopic (exact) mass is 220 g/mol. The molecule has 0 bridgehead atoms. The molecule has 16 heavy (non-hydrogen) atoms. The van der Waals surface area contributed by atoms with E-state index in [9.17, 15) is 8.78 Å². The Balaban J connectivity index is 2.55. The molecule has 0 atom stereocenters. The third-order valence-corrected chi connectivity index (χ3v) is 2.86. The van der Waals surface area contributed by atoms with Crippen LogP contribution in [0.2, 0.25) is 0 Å². The summed E-state index contributed by atoms with van der Waals surface area (Å²) in [4.78, 5) is 0. The molecular weight excluding hydrogens is 206 g/mol. The molecule has 0 radical (unpaired) electrons. The van der Waals surface area contributed by atoms with Crippen LogP contribution < -0.4 is 0 Å². The molecule has 0 spiro atoms. The van der Waals surface area contributed by atoms with Crippen molar-refractivity contribution < 1.29 is 8.78 Å². The molecule has 84 valence electrons. The molecular formula is C14H14F2. The molecule has 0 aliphatic carbocycles. The lowest BCUT2D eigenvalue weighted by molar-refractivity contribution is -0.0512. The number of alkyl halides is 2. The zero-order valence-electron chi connectivity index (χ0n) is 9.37. The summed E-state index contributed by atoms with van der Waals surface area (Å²) in [6.45, 7) is 3.07. The molecule has 0 N–H and O–H groups in total. The molecule has 2 aromatic rings. The second-order valence-electron chi connectivity index (χ2n) is 4.34. The first-order valence-electron chi connectivity index (χ1n) is 5.39. The topological polar surface area (TPSA) is 0 Å². The fourth-order valence-corrected chi connectivity index (χ4v) is 1.73. The van der Waals surface area contributed by atoms with Crippen molar-refractivity contribution in [3.8, 4) is 0 Å². The van der Waals surface area contributed by atoms with Crippen molar-refractivity contribution in [2.24, 2.45) is 5.92 Å². The van der Waals surface area contributed by atoms with Crippen molar-refractivity contribution in [2.45, 2.75) is 19.8 Å². The third kappa shape index (κ3) is 1.80. The maximum atomic E-state index is 13.8. The van der Waals surface area contributed by atoms with E-state index in [0.29, 0.717) is 0 Å². The van der Waals surface area contributed by atoms with Crippen LogP contribution in [0.5, 0.6) is 0 Å². The highest BCUT2D eigenvalue weighted by Crippen LogP contribution is 2.36. The van der Waals surface area contributed by atoms with E-state index in [-0.39, 0.29) is 5.56 Å². The molecule has 2 heteroatoms. The van der Waals surface area contributed by atoms with Crippen molar-refractivity contribution in [3.05, 3.63) is 48.0 Å². The Labute approximate surface area is 93.9 Å². The maximum absolute atomic E-state index is 13.8. The zero-order valence-corrected chi connectivity index (χ0v) is 9.37. The SMILES string of the molecule is CC(C)C(F)(F)c1ccc2ccccc2c1. The first kappa shape index (κ1) is 11.1. The number of hydrogen-bond donors (Lipinski definition) is 0. The van der Waals surface area contributed by atoms with Crippen LogP contribution in [0.4, 0.5) is 8.78 Å². The normalized spacial score (nSPS) is 12.3. The van der Waals surface area contributed by atoms with Gasteiger partial charge in [-0.05, 0) is 16.8 Å². The number of hydrogen-bond acceptors (Lipinski definition) is 0. The van der Waals surface area contributed by atoms with E-state index in [0.717, 1.165) is 10.8 Å². The molecule has 0 nitrogen and oxygen atoms in total. The summed E-state index contributed by atoms with van der Waals surface area (Å²) in [6, 6.07) is 12.4. The summed E-state index contributed by atoms with van der Waals surface area (Å²) >= 11 is 0. The van der Waals surface area contributed by atoms with Gasteiger partial charge < -0.3 is 0 Å². The Morgan fingerprint density at radius 2 is 1.56 bits per heavy atom. The standard InChI is InChI=1S/C14H14F2/c1-10(2)14(15,16)13-8-7-11-5-3-4-6-12(11)9-13/h3-10H,1-2H3. The van der Waals surface area contributed by atoms with Crippen LogP contribution in [-0.2, 0) is 5.92 Å². The summed E-state index contributed by atoms with van der Waals surface area (Å²) in [5, 5.41) is 1.85. The van der Waals surface area contributed by atoms with E-state index in [2.05, 4.69) is 0 Å². The Bertz CT molecular complexity index is 501. The summed E-state index contributed by atoms with van der Waals surface area (Å²) in [5.74, 6) is -3.45. The van der Waals surface area contributed by atoms with E-state index < -0.39 is 11.8 Å². The zero-order chi connectivity index (χ0) is 11.8. The second kappa shape index (κ2) is 3.85. The molecule has 0 saturated heterocycles. The van der Waals surface area contributed by atoms with Gasteiger partial charge in [0.2, 0.25) is 0 Å². The Morgan fingerprint density at radius 3 is 2.19 bits per heavy atom. The molecule has 0 fully saturated rings. The van der Waals surface area contributed by atoms with Gasteiger partial charge in [0.15, 0.2) is 0 Å². The van der Waals surface area contributed by atoms with Crippen LogP contribution in [0.3, 0.4) is 0 Å². The Kier molecular flexibility index (Phi) is 2.66. The van der Waals surface area contributed by atoms with E-state index in [1.807, 2.05) is 24.3 Å². The van der Waals surface area contributed by atoms with Crippen LogP contribution in [0, 0.1) is 5.92 Å². The second-order valence-corrected chi connectivity index (χ2v) is 4.34. The third-order valence-electron chi connectivity index (χ3n) is 2.86. The van der Waals surface area contributed by atoms with Crippen molar-refractivity contribution in [3.63, 3.8) is 0 Å². The lowest BCUT2D eigenvalue weighted by Gasteiger charge is -2.21. The maximum Gasteiger partial charge on any atom is 0.275 e. The summed E-state index contributed by atoms with van der Waals surface area (Å²) < 4.78 is 27.6. The molecule has 0 amide bonds. The van der Waals surface area contributed by atoms with Crippen LogP contribution in [0.15, 0.2) is 42.5 Å². The fourth-order valence-electron chi connectivity index (χ4n) is 1.73. The van der Waals surface area contributed by atoms with Gasteiger partial charge in [-0.25, -0.2) is 8.78 Å². The van der Waals surface area contributed by atoms with Crippen LogP contribution in [0.1, 0.15) is 19.4 Å². The molecule has 0 aromatic heterocycles. The minimum atomic E-state index is -2.76. The van der Waals surface area contributed by atoms with Crippen molar-refractivity contribution in [1.82, 2.24) is 0 Å². The van der Waals surface area contributed by atoms with E-state index >= 15 is 0 Å². The van der Waals surface area contributed by atoms with E-state index in [4.69, 9.17) is 0 Å². The minimum absolute atomic E-state index is 0.0983. The molecule has 2 aromatic carbocycles. The molecule has 0 unspecified atom stereocenters.